The molecule has 2 heteroatoms. The summed E-state index contributed by atoms with van der Waals surface area (Å²) in [7, 11) is 1.82. The van der Waals surface area contributed by atoms with E-state index in [9.17, 15) is 0 Å². The second-order valence-corrected chi connectivity index (χ2v) is 4.72. The summed E-state index contributed by atoms with van der Waals surface area (Å²) in [5, 5.41) is 3.39. The summed E-state index contributed by atoms with van der Waals surface area (Å²) < 4.78 is 5.54. The molecule has 0 bridgehead atoms. The average molecular weight is 219 g/mol. The Kier molecular flexibility index (Phi) is 3.97. The van der Waals surface area contributed by atoms with Crippen LogP contribution in [0, 0.1) is 12.8 Å². The van der Waals surface area contributed by atoms with Gasteiger partial charge in [0.2, 0.25) is 0 Å². The van der Waals surface area contributed by atoms with E-state index in [1.807, 2.05) is 7.11 Å². The van der Waals surface area contributed by atoms with Gasteiger partial charge < -0.3 is 10.1 Å². The molecular weight excluding hydrogens is 198 g/mol. The van der Waals surface area contributed by atoms with Gasteiger partial charge in [0.05, 0.1) is 6.10 Å². The summed E-state index contributed by atoms with van der Waals surface area (Å²) in [6.07, 6.45) is 2.73. The molecular formula is C14H21NO. The highest BCUT2D eigenvalue weighted by Crippen LogP contribution is 2.21. The van der Waals surface area contributed by atoms with Crippen LogP contribution in [0.15, 0.2) is 24.3 Å². The molecule has 1 saturated heterocycles. The summed E-state index contributed by atoms with van der Waals surface area (Å²) in [5.41, 5.74) is 2.79. The quantitative estimate of drug-likeness (QED) is 0.841. The van der Waals surface area contributed by atoms with Gasteiger partial charge in [0.25, 0.3) is 0 Å². The molecule has 0 spiro atoms. The van der Waals surface area contributed by atoms with Crippen LogP contribution in [-0.4, -0.2) is 26.3 Å². The van der Waals surface area contributed by atoms with E-state index >= 15 is 0 Å². The molecule has 16 heavy (non-hydrogen) atoms. The monoisotopic (exact) mass is 219 g/mol. The van der Waals surface area contributed by atoms with E-state index in [0.29, 0.717) is 12.0 Å². The number of ether oxygens (including phenoxy) is 1. The van der Waals surface area contributed by atoms with Crippen molar-refractivity contribution in [2.24, 2.45) is 5.92 Å². The van der Waals surface area contributed by atoms with Crippen LogP contribution in [0.2, 0.25) is 0 Å². The van der Waals surface area contributed by atoms with Gasteiger partial charge in [-0.15, -0.1) is 0 Å². The standard InChI is InChI=1S/C14H21NO/c1-11-4-3-5-12(8-11)9-13-6-7-15-10-14(13)16-2/h3-5,8,13-15H,6-7,9-10H2,1-2H3. The van der Waals surface area contributed by atoms with Gasteiger partial charge in [-0.2, -0.15) is 0 Å². The number of hydrogen-bond donors (Lipinski definition) is 1. The first kappa shape index (κ1) is 11.6. The van der Waals surface area contributed by atoms with Gasteiger partial charge in [0.15, 0.2) is 0 Å². The van der Waals surface area contributed by atoms with Crippen LogP contribution in [0.1, 0.15) is 17.5 Å². The van der Waals surface area contributed by atoms with Gasteiger partial charge in [0, 0.05) is 13.7 Å². The molecule has 1 aromatic rings. The third-order valence-electron chi connectivity index (χ3n) is 3.45. The Morgan fingerprint density at radius 1 is 1.44 bits per heavy atom. The highest BCUT2D eigenvalue weighted by Gasteiger charge is 2.24. The van der Waals surface area contributed by atoms with Crippen molar-refractivity contribution in [3.05, 3.63) is 35.4 Å². The summed E-state index contributed by atoms with van der Waals surface area (Å²) in [5.74, 6) is 0.660. The topological polar surface area (TPSA) is 21.3 Å². The van der Waals surface area contributed by atoms with Crippen LogP contribution >= 0.6 is 0 Å². The first-order valence-corrected chi connectivity index (χ1v) is 6.08. The second-order valence-electron chi connectivity index (χ2n) is 4.72. The predicted octanol–water partition coefficient (Wildman–Crippen LogP) is 2.16. The van der Waals surface area contributed by atoms with Crippen LogP contribution in [-0.2, 0) is 11.2 Å². The van der Waals surface area contributed by atoms with E-state index < -0.39 is 0 Å². The maximum Gasteiger partial charge on any atom is 0.0727 e. The van der Waals surface area contributed by atoms with Gasteiger partial charge in [-0.25, -0.2) is 0 Å². The molecule has 2 unspecified atom stereocenters. The number of aryl methyl sites for hydroxylation is 1. The molecule has 0 amide bonds. The largest absolute Gasteiger partial charge is 0.380 e. The zero-order valence-electron chi connectivity index (χ0n) is 10.2. The second kappa shape index (κ2) is 5.46. The van der Waals surface area contributed by atoms with E-state index in [2.05, 4.69) is 36.5 Å². The summed E-state index contributed by atoms with van der Waals surface area (Å²) in [6.45, 7) is 4.27. The molecule has 1 heterocycles. The third-order valence-corrected chi connectivity index (χ3v) is 3.45. The zero-order chi connectivity index (χ0) is 11.4. The smallest absolute Gasteiger partial charge is 0.0727 e. The van der Waals surface area contributed by atoms with Crippen molar-refractivity contribution < 1.29 is 4.74 Å². The Balaban J connectivity index is 2.02. The minimum Gasteiger partial charge on any atom is -0.380 e. The lowest BCUT2D eigenvalue weighted by molar-refractivity contribution is 0.0341. The molecule has 1 aliphatic heterocycles. The predicted molar refractivity (Wildman–Crippen MR) is 66.7 cm³/mol. The molecule has 0 aliphatic carbocycles. The molecule has 1 fully saturated rings. The lowest BCUT2D eigenvalue weighted by atomic mass is 9.88. The van der Waals surface area contributed by atoms with Gasteiger partial charge in [-0.3, -0.25) is 0 Å². The summed E-state index contributed by atoms with van der Waals surface area (Å²) >= 11 is 0. The van der Waals surface area contributed by atoms with Crippen LogP contribution in [0.3, 0.4) is 0 Å². The number of rotatable bonds is 3. The molecule has 1 aromatic carbocycles. The van der Waals surface area contributed by atoms with Crippen molar-refractivity contribution in [1.82, 2.24) is 5.32 Å². The minimum atomic E-state index is 0.370. The Bertz CT molecular complexity index is 337. The van der Waals surface area contributed by atoms with E-state index in [-0.39, 0.29) is 0 Å². The van der Waals surface area contributed by atoms with Gasteiger partial charge >= 0.3 is 0 Å². The molecule has 0 saturated carbocycles. The minimum absolute atomic E-state index is 0.370. The first-order valence-electron chi connectivity index (χ1n) is 6.08. The molecule has 88 valence electrons. The summed E-state index contributed by atoms with van der Waals surface area (Å²) in [6, 6.07) is 8.81. The van der Waals surface area contributed by atoms with Crippen molar-refractivity contribution in [2.75, 3.05) is 20.2 Å². The highest BCUT2D eigenvalue weighted by molar-refractivity contribution is 5.22. The molecule has 2 nitrogen and oxygen atoms in total. The van der Waals surface area contributed by atoms with Crippen LogP contribution < -0.4 is 5.32 Å². The Morgan fingerprint density at radius 3 is 3.06 bits per heavy atom. The van der Waals surface area contributed by atoms with E-state index in [0.717, 1.165) is 19.5 Å². The Morgan fingerprint density at radius 2 is 2.31 bits per heavy atom. The van der Waals surface area contributed by atoms with E-state index in [1.165, 1.54) is 17.5 Å². The molecule has 0 radical (unpaired) electrons. The molecule has 0 aromatic heterocycles. The number of benzene rings is 1. The number of nitrogens with one attached hydrogen (secondary N) is 1. The average Bonchev–Trinajstić information content (AvgIpc) is 2.30. The number of piperidine rings is 1. The molecule has 1 aliphatic rings. The van der Waals surface area contributed by atoms with E-state index in [1.54, 1.807) is 0 Å². The lowest BCUT2D eigenvalue weighted by Gasteiger charge is -2.31. The zero-order valence-corrected chi connectivity index (χ0v) is 10.2. The fourth-order valence-corrected chi connectivity index (χ4v) is 2.54. The SMILES string of the molecule is COC1CNCCC1Cc1cccc(C)c1. The third kappa shape index (κ3) is 2.83. The summed E-state index contributed by atoms with van der Waals surface area (Å²) in [4.78, 5) is 0. The maximum absolute atomic E-state index is 5.54. The fourth-order valence-electron chi connectivity index (χ4n) is 2.54. The normalized spacial score (nSPS) is 25.6. The number of hydrogen-bond acceptors (Lipinski definition) is 2. The van der Waals surface area contributed by atoms with Crippen LogP contribution in [0.5, 0.6) is 0 Å². The van der Waals surface area contributed by atoms with Gasteiger partial charge in [-0.05, 0) is 37.8 Å². The van der Waals surface area contributed by atoms with Crippen molar-refractivity contribution in [3.63, 3.8) is 0 Å². The highest BCUT2D eigenvalue weighted by atomic mass is 16.5. The Labute approximate surface area is 98.0 Å². The fraction of sp³-hybridized carbons (Fsp3) is 0.571. The van der Waals surface area contributed by atoms with Crippen molar-refractivity contribution in [1.29, 1.82) is 0 Å². The van der Waals surface area contributed by atoms with Crippen molar-refractivity contribution >= 4 is 0 Å². The number of methoxy groups -OCH3 is 1. The van der Waals surface area contributed by atoms with Gasteiger partial charge in [-0.1, -0.05) is 29.8 Å². The van der Waals surface area contributed by atoms with Gasteiger partial charge in [0.1, 0.15) is 0 Å². The van der Waals surface area contributed by atoms with Crippen LogP contribution in [0.25, 0.3) is 0 Å². The Hall–Kier alpha value is -0.860. The molecule has 2 rings (SSSR count). The first-order chi connectivity index (χ1) is 7.79. The maximum atomic E-state index is 5.54. The molecule has 1 N–H and O–H groups in total. The van der Waals surface area contributed by atoms with Crippen molar-refractivity contribution in [2.45, 2.75) is 25.9 Å². The lowest BCUT2D eigenvalue weighted by Crippen LogP contribution is -2.42. The van der Waals surface area contributed by atoms with Crippen molar-refractivity contribution in [3.8, 4) is 0 Å². The van der Waals surface area contributed by atoms with E-state index in [4.69, 9.17) is 4.74 Å². The molecule has 2 atom stereocenters. The van der Waals surface area contributed by atoms with Crippen LogP contribution in [0.4, 0.5) is 0 Å².